The number of ether oxygens (including phenoxy) is 4. The zero-order chi connectivity index (χ0) is 18.0. The molecule has 4 unspecified atom stereocenters. The van der Waals surface area contributed by atoms with Crippen LogP contribution in [0.15, 0.2) is 0 Å². The molecule has 2 saturated heterocycles. The third kappa shape index (κ3) is 3.71. The van der Waals surface area contributed by atoms with Crippen LogP contribution in [0, 0.1) is 0 Å². The summed E-state index contributed by atoms with van der Waals surface area (Å²) in [7, 11) is 1.24. The minimum atomic E-state index is -1.69. The summed E-state index contributed by atoms with van der Waals surface area (Å²) < 4.78 is 20.6. The molecular formula is C13H24O11. The number of aliphatic hydroxyl groups is 7. The fourth-order valence-electron chi connectivity index (χ4n) is 2.75. The Morgan fingerprint density at radius 2 is 1.25 bits per heavy atom. The van der Waals surface area contributed by atoms with Crippen LogP contribution in [0.2, 0.25) is 0 Å². The molecule has 11 heteroatoms. The van der Waals surface area contributed by atoms with Gasteiger partial charge in [-0.25, -0.2) is 0 Å². The van der Waals surface area contributed by atoms with Crippen molar-refractivity contribution in [2.45, 2.75) is 61.4 Å². The largest absolute Gasteiger partial charge is 0.394 e. The van der Waals surface area contributed by atoms with E-state index in [1.54, 1.807) is 0 Å². The Balaban J connectivity index is 2.12. The highest BCUT2D eigenvalue weighted by Gasteiger charge is 2.50. The SMILES string of the molecule is CO[C@@H]1O[C@@H](CO)[C@@H](O[C@@H]2OC(CO)[C@@H](O)[C@H](O)C2O)C(O)C1O. The van der Waals surface area contributed by atoms with Gasteiger partial charge in [-0.2, -0.15) is 0 Å². The molecule has 0 amide bonds. The molecule has 0 aromatic rings. The molecule has 0 aromatic heterocycles. The lowest BCUT2D eigenvalue weighted by molar-refractivity contribution is -0.357. The van der Waals surface area contributed by atoms with Gasteiger partial charge >= 0.3 is 0 Å². The van der Waals surface area contributed by atoms with Crippen LogP contribution < -0.4 is 0 Å². The van der Waals surface area contributed by atoms with Crippen LogP contribution in [0.3, 0.4) is 0 Å². The fourth-order valence-corrected chi connectivity index (χ4v) is 2.75. The fraction of sp³-hybridized carbons (Fsp3) is 1.00. The van der Waals surface area contributed by atoms with Gasteiger partial charge in [-0.3, -0.25) is 0 Å². The van der Waals surface area contributed by atoms with E-state index < -0.39 is 74.6 Å². The molecule has 2 aliphatic heterocycles. The summed E-state index contributed by atoms with van der Waals surface area (Å²) in [6, 6.07) is 0. The molecule has 24 heavy (non-hydrogen) atoms. The van der Waals surface area contributed by atoms with E-state index in [0.717, 1.165) is 0 Å². The third-order valence-electron chi connectivity index (χ3n) is 4.19. The molecule has 2 aliphatic rings. The monoisotopic (exact) mass is 356 g/mol. The lowest BCUT2D eigenvalue weighted by atomic mass is 9.97. The molecule has 0 aromatic carbocycles. The van der Waals surface area contributed by atoms with Crippen molar-refractivity contribution in [1.82, 2.24) is 0 Å². The first-order chi connectivity index (χ1) is 11.3. The van der Waals surface area contributed by atoms with Crippen LogP contribution in [0.1, 0.15) is 0 Å². The Kier molecular flexibility index (Phi) is 6.87. The van der Waals surface area contributed by atoms with Crippen molar-refractivity contribution < 1.29 is 54.7 Å². The van der Waals surface area contributed by atoms with E-state index in [1.165, 1.54) is 7.11 Å². The highest BCUT2D eigenvalue weighted by molar-refractivity contribution is 4.93. The smallest absolute Gasteiger partial charge is 0.187 e. The first-order valence-electron chi connectivity index (χ1n) is 7.46. The molecular weight excluding hydrogens is 332 g/mol. The molecule has 0 spiro atoms. The summed E-state index contributed by atoms with van der Waals surface area (Å²) in [5.74, 6) is 0. The molecule has 142 valence electrons. The predicted molar refractivity (Wildman–Crippen MR) is 73.4 cm³/mol. The van der Waals surface area contributed by atoms with E-state index in [9.17, 15) is 30.6 Å². The van der Waals surface area contributed by atoms with Crippen molar-refractivity contribution in [2.75, 3.05) is 20.3 Å². The topological polar surface area (TPSA) is 179 Å². The maximum absolute atomic E-state index is 10.2. The van der Waals surface area contributed by atoms with E-state index in [-0.39, 0.29) is 0 Å². The van der Waals surface area contributed by atoms with Crippen LogP contribution in [-0.2, 0) is 18.9 Å². The first kappa shape index (κ1) is 19.9. The van der Waals surface area contributed by atoms with Crippen molar-refractivity contribution in [2.24, 2.45) is 0 Å². The quantitative estimate of drug-likeness (QED) is 0.251. The van der Waals surface area contributed by atoms with Gasteiger partial charge in [-0.15, -0.1) is 0 Å². The van der Waals surface area contributed by atoms with Gasteiger partial charge < -0.3 is 54.7 Å². The van der Waals surface area contributed by atoms with E-state index in [4.69, 9.17) is 24.1 Å². The predicted octanol–water partition coefficient (Wildman–Crippen LogP) is -4.74. The highest BCUT2D eigenvalue weighted by atomic mass is 16.7. The second kappa shape index (κ2) is 8.29. The van der Waals surface area contributed by atoms with Crippen LogP contribution in [0.25, 0.3) is 0 Å². The molecule has 2 rings (SSSR count). The van der Waals surface area contributed by atoms with Crippen molar-refractivity contribution in [3.8, 4) is 0 Å². The standard InChI is InChI=1S/C13H24O11/c1-21-12-10(20)8(18)11(5(3-15)23-12)24-13-9(19)7(17)6(16)4(2-14)22-13/h4-20H,2-3H2,1H3/t4?,5-,6+,7-,8?,9?,10?,11+,12+,13-/m0/s1. The lowest BCUT2D eigenvalue weighted by Crippen LogP contribution is -2.64. The van der Waals surface area contributed by atoms with E-state index in [2.05, 4.69) is 0 Å². The molecule has 10 atom stereocenters. The van der Waals surface area contributed by atoms with Gasteiger partial charge in [0, 0.05) is 7.11 Å². The van der Waals surface area contributed by atoms with Gasteiger partial charge in [0.1, 0.15) is 48.8 Å². The second-order valence-electron chi connectivity index (χ2n) is 5.74. The summed E-state index contributed by atoms with van der Waals surface area (Å²) in [6.45, 7) is -1.24. The van der Waals surface area contributed by atoms with Crippen molar-refractivity contribution in [3.63, 3.8) is 0 Å². The summed E-state index contributed by atoms with van der Waals surface area (Å²) in [6.07, 6.45) is -14.3. The average Bonchev–Trinajstić information content (AvgIpc) is 2.59. The van der Waals surface area contributed by atoms with E-state index in [1.807, 2.05) is 0 Å². The molecule has 0 radical (unpaired) electrons. The molecule has 0 aliphatic carbocycles. The number of aliphatic hydroxyl groups excluding tert-OH is 7. The molecule has 11 nitrogen and oxygen atoms in total. The molecule has 0 saturated carbocycles. The Morgan fingerprint density at radius 3 is 1.79 bits per heavy atom. The van der Waals surface area contributed by atoms with Gasteiger partial charge in [0.25, 0.3) is 0 Å². The highest BCUT2D eigenvalue weighted by Crippen LogP contribution is 2.29. The Hall–Kier alpha value is -0.440. The second-order valence-corrected chi connectivity index (χ2v) is 5.74. The Morgan fingerprint density at radius 1 is 0.708 bits per heavy atom. The minimum Gasteiger partial charge on any atom is -0.394 e. The number of methoxy groups -OCH3 is 1. The average molecular weight is 356 g/mol. The van der Waals surface area contributed by atoms with Gasteiger partial charge in [-0.05, 0) is 0 Å². The summed E-state index contributed by atoms with van der Waals surface area (Å²) in [4.78, 5) is 0. The van der Waals surface area contributed by atoms with Crippen molar-refractivity contribution in [3.05, 3.63) is 0 Å². The normalized spacial score (nSPS) is 50.0. The molecule has 7 N–H and O–H groups in total. The molecule has 2 fully saturated rings. The van der Waals surface area contributed by atoms with E-state index in [0.29, 0.717) is 0 Å². The zero-order valence-corrected chi connectivity index (χ0v) is 13.0. The van der Waals surface area contributed by atoms with Crippen LogP contribution >= 0.6 is 0 Å². The Labute approximate surface area is 137 Å². The first-order valence-corrected chi connectivity index (χ1v) is 7.46. The van der Waals surface area contributed by atoms with Crippen LogP contribution in [-0.4, -0.2) is 117 Å². The van der Waals surface area contributed by atoms with Crippen LogP contribution in [0.4, 0.5) is 0 Å². The van der Waals surface area contributed by atoms with Gasteiger partial charge in [0.2, 0.25) is 0 Å². The van der Waals surface area contributed by atoms with Gasteiger partial charge in [0.05, 0.1) is 13.2 Å². The number of hydrogen-bond acceptors (Lipinski definition) is 11. The van der Waals surface area contributed by atoms with Crippen molar-refractivity contribution in [1.29, 1.82) is 0 Å². The van der Waals surface area contributed by atoms with Gasteiger partial charge in [-0.1, -0.05) is 0 Å². The van der Waals surface area contributed by atoms with Crippen molar-refractivity contribution >= 4 is 0 Å². The number of hydrogen-bond donors (Lipinski definition) is 7. The van der Waals surface area contributed by atoms with Gasteiger partial charge in [0.15, 0.2) is 12.6 Å². The summed E-state index contributed by atoms with van der Waals surface area (Å²) in [5.41, 5.74) is 0. The third-order valence-corrected chi connectivity index (χ3v) is 4.19. The Bertz CT molecular complexity index is 392. The van der Waals surface area contributed by atoms with E-state index >= 15 is 0 Å². The maximum atomic E-state index is 10.2. The minimum absolute atomic E-state index is 0.592. The molecule has 2 heterocycles. The molecule has 0 bridgehead atoms. The summed E-state index contributed by atoms with van der Waals surface area (Å²) in [5, 5.41) is 68.0. The number of rotatable bonds is 5. The lowest BCUT2D eigenvalue weighted by Gasteiger charge is -2.45. The summed E-state index contributed by atoms with van der Waals surface area (Å²) >= 11 is 0. The maximum Gasteiger partial charge on any atom is 0.187 e. The zero-order valence-electron chi connectivity index (χ0n) is 13.0. The van der Waals surface area contributed by atoms with Crippen LogP contribution in [0.5, 0.6) is 0 Å².